The predicted molar refractivity (Wildman–Crippen MR) is 84.1 cm³/mol. The smallest absolute Gasteiger partial charge is 0.252 e. The van der Waals surface area contributed by atoms with Gasteiger partial charge in [-0.25, -0.2) is 13.6 Å². The van der Waals surface area contributed by atoms with Gasteiger partial charge < -0.3 is 5.32 Å². The first-order valence-electron chi connectivity index (χ1n) is 7.77. The molecule has 0 aliphatic heterocycles. The van der Waals surface area contributed by atoms with E-state index in [1.165, 1.54) is 25.3 Å². The zero-order valence-electron chi connectivity index (χ0n) is 12.2. The number of primary sulfonamides is 1. The van der Waals surface area contributed by atoms with Crippen molar-refractivity contribution in [3.8, 4) is 0 Å². The fourth-order valence-electron chi connectivity index (χ4n) is 5.16. The van der Waals surface area contributed by atoms with Crippen LogP contribution in [0.1, 0.15) is 48.9 Å². The van der Waals surface area contributed by atoms with Crippen molar-refractivity contribution >= 4 is 27.3 Å². The van der Waals surface area contributed by atoms with Crippen LogP contribution in [0.2, 0.25) is 0 Å². The van der Waals surface area contributed by atoms with Crippen LogP contribution in [-0.2, 0) is 10.0 Å². The summed E-state index contributed by atoms with van der Waals surface area (Å²) in [6, 6.07) is 1.38. The third kappa shape index (κ3) is 2.49. The number of carbonyl (C=O) groups is 1. The molecule has 1 aromatic heterocycles. The SMILES string of the molecule is NS(=O)(=O)c1cc(C(=O)NC23CC4CC(CC(C4)C2)C3)cs1. The number of sulfonamides is 1. The summed E-state index contributed by atoms with van der Waals surface area (Å²) >= 11 is 1.00. The van der Waals surface area contributed by atoms with Crippen LogP contribution >= 0.6 is 11.3 Å². The maximum atomic E-state index is 12.5. The van der Waals surface area contributed by atoms with Gasteiger partial charge in [-0.3, -0.25) is 4.79 Å². The molecule has 0 atom stereocenters. The van der Waals surface area contributed by atoms with Crippen molar-refractivity contribution in [1.29, 1.82) is 0 Å². The standard InChI is InChI=1S/C15H20N2O3S2/c16-22(19,20)13-4-12(8-21-13)14(18)17-15-5-9-1-10(6-15)3-11(2-9)7-15/h4,8-11H,1-3,5-7H2,(H,17,18)(H2,16,19,20). The molecule has 1 amide bonds. The lowest BCUT2D eigenvalue weighted by molar-refractivity contribution is -0.0166. The molecule has 22 heavy (non-hydrogen) atoms. The van der Waals surface area contributed by atoms with Crippen molar-refractivity contribution < 1.29 is 13.2 Å². The number of rotatable bonds is 3. The monoisotopic (exact) mass is 340 g/mol. The molecule has 1 aromatic rings. The molecule has 0 unspecified atom stereocenters. The molecule has 7 heteroatoms. The number of hydrogen-bond acceptors (Lipinski definition) is 4. The van der Waals surface area contributed by atoms with Crippen molar-refractivity contribution in [1.82, 2.24) is 5.32 Å². The zero-order chi connectivity index (χ0) is 15.5. The number of hydrogen-bond donors (Lipinski definition) is 2. The first kappa shape index (κ1) is 14.7. The van der Waals surface area contributed by atoms with E-state index in [-0.39, 0.29) is 15.7 Å². The maximum Gasteiger partial charge on any atom is 0.252 e. The molecule has 4 fully saturated rings. The summed E-state index contributed by atoms with van der Waals surface area (Å²) in [4.78, 5) is 12.5. The fourth-order valence-corrected chi connectivity index (χ4v) is 6.75. The lowest BCUT2D eigenvalue weighted by Crippen LogP contribution is -2.59. The molecule has 3 N–H and O–H groups in total. The molecule has 4 aliphatic carbocycles. The van der Waals surface area contributed by atoms with E-state index in [0.29, 0.717) is 5.56 Å². The highest BCUT2D eigenvalue weighted by atomic mass is 32.2. The Kier molecular flexibility index (Phi) is 3.19. The normalized spacial score (nSPS) is 36.5. The van der Waals surface area contributed by atoms with E-state index in [4.69, 9.17) is 5.14 Å². The van der Waals surface area contributed by atoms with Gasteiger partial charge >= 0.3 is 0 Å². The van der Waals surface area contributed by atoms with Gasteiger partial charge in [0.15, 0.2) is 0 Å². The van der Waals surface area contributed by atoms with E-state index >= 15 is 0 Å². The van der Waals surface area contributed by atoms with Crippen molar-refractivity contribution in [2.24, 2.45) is 22.9 Å². The highest BCUT2D eigenvalue weighted by Gasteiger charge is 2.51. The number of carbonyl (C=O) groups excluding carboxylic acids is 1. The number of amides is 1. The van der Waals surface area contributed by atoms with Gasteiger partial charge in [-0.1, -0.05) is 0 Å². The molecular formula is C15H20N2O3S2. The predicted octanol–water partition coefficient (Wildman–Crippen LogP) is 2.09. The second kappa shape index (κ2) is 4.79. The van der Waals surface area contributed by atoms with Gasteiger partial charge in [0.1, 0.15) is 4.21 Å². The minimum atomic E-state index is -3.73. The van der Waals surface area contributed by atoms with Crippen molar-refractivity contribution in [2.45, 2.75) is 48.3 Å². The molecule has 0 spiro atoms. The van der Waals surface area contributed by atoms with Crippen molar-refractivity contribution in [2.75, 3.05) is 0 Å². The summed E-state index contributed by atoms with van der Waals surface area (Å²) in [5.41, 5.74) is 0.347. The second-order valence-electron chi connectivity index (χ2n) is 7.35. The van der Waals surface area contributed by atoms with Crippen molar-refractivity contribution in [3.63, 3.8) is 0 Å². The number of thiophene rings is 1. The Morgan fingerprint density at radius 1 is 1.18 bits per heavy atom. The second-order valence-corrected chi connectivity index (χ2v) is 10.1. The maximum absolute atomic E-state index is 12.5. The Labute approximate surface area is 134 Å². The fraction of sp³-hybridized carbons (Fsp3) is 0.667. The van der Waals surface area contributed by atoms with Crippen LogP contribution in [0.15, 0.2) is 15.7 Å². The molecule has 0 saturated heterocycles. The lowest BCUT2D eigenvalue weighted by Gasteiger charge is -2.56. The Bertz CT molecular complexity index is 688. The first-order valence-corrected chi connectivity index (χ1v) is 10.2. The molecule has 1 heterocycles. The minimum absolute atomic E-state index is 0.0446. The van der Waals surface area contributed by atoms with Crippen LogP contribution in [0.3, 0.4) is 0 Å². The molecule has 0 radical (unpaired) electrons. The van der Waals surface area contributed by atoms with Gasteiger partial charge in [0, 0.05) is 10.9 Å². The van der Waals surface area contributed by atoms with Gasteiger partial charge in [0.25, 0.3) is 5.91 Å². The van der Waals surface area contributed by atoms with Gasteiger partial charge in [-0.05, 0) is 62.3 Å². The number of nitrogens with two attached hydrogens (primary N) is 1. The van der Waals surface area contributed by atoms with E-state index < -0.39 is 10.0 Å². The molecule has 0 aromatic carbocycles. The molecule has 120 valence electrons. The van der Waals surface area contributed by atoms with E-state index in [1.807, 2.05) is 0 Å². The van der Waals surface area contributed by atoms with Gasteiger partial charge in [0.2, 0.25) is 10.0 Å². The molecule has 4 bridgehead atoms. The third-order valence-electron chi connectivity index (χ3n) is 5.53. The summed E-state index contributed by atoms with van der Waals surface area (Å²) in [7, 11) is -3.73. The average Bonchev–Trinajstić information content (AvgIpc) is 2.85. The van der Waals surface area contributed by atoms with Gasteiger partial charge in [-0.2, -0.15) is 0 Å². The van der Waals surface area contributed by atoms with Crippen LogP contribution < -0.4 is 10.5 Å². The minimum Gasteiger partial charge on any atom is -0.347 e. The Morgan fingerprint density at radius 3 is 2.18 bits per heavy atom. The lowest BCUT2D eigenvalue weighted by atomic mass is 9.53. The molecule has 5 rings (SSSR count). The van der Waals surface area contributed by atoms with Crippen LogP contribution in [-0.4, -0.2) is 19.9 Å². The van der Waals surface area contributed by atoms with Crippen LogP contribution in [0.25, 0.3) is 0 Å². The summed E-state index contributed by atoms with van der Waals surface area (Å²) < 4.78 is 22.7. The van der Waals surface area contributed by atoms with E-state index in [2.05, 4.69) is 5.32 Å². The van der Waals surface area contributed by atoms with E-state index in [0.717, 1.165) is 48.4 Å². The quantitative estimate of drug-likeness (QED) is 0.883. The zero-order valence-corrected chi connectivity index (χ0v) is 13.9. The van der Waals surface area contributed by atoms with Gasteiger partial charge in [0.05, 0.1) is 5.56 Å². The Morgan fingerprint density at radius 2 is 1.73 bits per heavy atom. The molecule has 4 saturated carbocycles. The van der Waals surface area contributed by atoms with E-state index in [1.54, 1.807) is 5.38 Å². The van der Waals surface area contributed by atoms with Crippen LogP contribution in [0, 0.1) is 17.8 Å². The van der Waals surface area contributed by atoms with Crippen molar-refractivity contribution in [3.05, 3.63) is 17.0 Å². The first-order chi connectivity index (χ1) is 10.3. The summed E-state index contributed by atoms with van der Waals surface area (Å²) in [5.74, 6) is 2.12. The van der Waals surface area contributed by atoms with Crippen LogP contribution in [0.5, 0.6) is 0 Å². The summed E-state index contributed by atoms with van der Waals surface area (Å²) in [6.07, 6.45) is 7.21. The molecular weight excluding hydrogens is 320 g/mol. The average molecular weight is 340 g/mol. The largest absolute Gasteiger partial charge is 0.347 e. The van der Waals surface area contributed by atoms with Gasteiger partial charge in [-0.15, -0.1) is 11.3 Å². The highest BCUT2D eigenvalue weighted by Crippen LogP contribution is 2.55. The third-order valence-corrected chi connectivity index (χ3v) is 7.92. The summed E-state index contributed by atoms with van der Waals surface area (Å²) in [5, 5.41) is 9.93. The Balaban J connectivity index is 1.54. The van der Waals surface area contributed by atoms with Crippen LogP contribution in [0.4, 0.5) is 0 Å². The summed E-state index contributed by atoms with van der Waals surface area (Å²) in [6.45, 7) is 0. The highest BCUT2D eigenvalue weighted by molar-refractivity contribution is 7.91. The topological polar surface area (TPSA) is 89.3 Å². The Hall–Kier alpha value is -0.920. The number of nitrogens with one attached hydrogen (secondary N) is 1. The molecule has 4 aliphatic rings. The molecule has 5 nitrogen and oxygen atoms in total. The van der Waals surface area contributed by atoms with E-state index in [9.17, 15) is 13.2 Å².